The number of hydrogen-bond donors (Lipinski definition) is 5. The lowest BCUT2D eigenvalue weighted by Gasteiger charge is -2.46. The van der Waals surface area contributed by atoms with Crippen molar-refractivity contribution in [3.05, 3.63) is 33.9 Å². The van der Waals surface area contributed by atoms with E-state index < -0.39 is 30.4 Å². The summed E-state index contributed by atoms with van der Waals surface area (Å²) in [6.45, 7) is 11.8. The number of phenols is 1. The lowest BCUT2D eigenvalue weighted by Crippen LogP contribution is -2.66. The smallest absolute Gasteiger partial charge is 0.355 e. The molecule has 33 heavy (non-hydrogen) atoms. The Kier molecular flexibility index (Phi) is 6.34. The monoisotopic (exact) mass is 462 g/mol. The fourth-order valence-corrected chi connectivity index (χ4v) is 6.17. The van der Waals surface area contributed by atoms with Crippen LogP contribution in [0.5, 0.6) is 11.5 Å². The van der Waals surface area contributed by atoms with Gasteiger partial charge in [0.15, 0.2) is 17.6 Å². The largest absolute Gasteiger partial charge is 0.504 e. The van der Waals surface area contributed by atoms with Gasteiger partial charge in [-0.25, -0.2) is 0 Å². The Balaban J connectivity index is 1.90. The summed E-state index contributed by atoms with van der Waals surface area (Å²) in [7, 11) is 0. The number of hydrogen-bond acceptors (Lipinski definition) is 7. The number of allylic oxidation sites excluding steroid dienone is 2. The van der Waals surface area contributed by atoms with Crippen molar-refractivity contribution in [1.82, 2.24) is 0 Å². The van der Waals surface area contributed by atoms with Crippen LogP contribution in [0.3, 0.4) is 0 Å². The Morgan fingerprint density at radius 3 is 2.33 bits per heavy atom. The Morgan fingerprint density at radius 2 is 1.70 bits per heavy atom. The normalized spacial score (nSPS) is 40.2. The summed E-state index contributed by atoms with van der Waals surface area (Å²) in [6.07, 6.45) is -0.648. The van der Waals surface area contributed by atoms with Crippen molar-refractivity contribution < 1.29 is 35.0 Å². The number of ether oxygens (including phenoxy) is 2. The minimum absolute atomic E-state index is 0.0496. The van der Waals surface area contributed by atoms with E-state index in [1.165, 1.54) is 18.1 Å². The number of aliphatic hydroxyl groups is 4. The predicted molar refractivity (Wildman–Crippen MR) is 123 cm³/mol. The molecule has 1 saturated heterocycles. The third-order valence-corrected chi connectivity index (χ3v) is 7.89. The lowest BCUT2D eigenvalue weighted by molar-refractivity contribution is -0.418. The van der Waals surface area contributed by atoms with Gasteiger partial charge in [-0.1, -0.05) is 25.5 Å². The van der Waals surface area contributed by atoms with Crippen LogP contribution in [0.2, 0.25) is 0 Å². The summed E-state index contributed by atoms with van der Waals surface area (Å²) in [6, 6.07) is 0. The van der Waals surface area contributed by atoms with Gasteiger partial charge in [0, 0.05) is 11.5 Å². The van der Waals surface area contributed by atoms with Crippen LogP contribution < -0.4 is 4.74 Å². The van der Waals surface area contributed by atoms with Crippen LogP contribution in [-0.4, -0.2) is 55.9 Å². The first-order valence-corrected chi connectivity index (χ1v) is 12.0. The highest BCUT2D eigenvalue weighted by molar-refractivity contribution is 5.64. The molecule has 0 aromatic heterocycles. The van der Waals surface area contributed by atoms with Crippen LogP contribution in [0.15, 0.2) is 11.6 Å². The Bertz CT molecular complexity index is 953. The SMILES string of the molecule is CC(C)=C[C@H]1c2c(C)c(O[C@@]3(O)O[C@H](C)[C@H](O)[C@H](O)[C@H]3O)c(O)c3c2[C@H](CC[C@@H]3C)C[C@H]1C. The molecule has 1 aliphatic heterocycles. The van der Waals surface area contributed by atoms with Gasteiger partial charge >= 0.3 is 5.97 Å². The standard InChI is InChI=1S/C26H38O7/c1-11(2)9-17-13(4)10-16-8-7-12(3)18-20(16)19(17)14(5)24(22(18)28)33-26(31)25(30)23(29)21(27)15(6)32-26/h9,12-13,15-17,21,23,25,27-31H,7-8,10H2,1-6H3/t12-,13+,15+,16+,17+,21-,23-,25+,26-/m0/s1. The maximum atomic E-state index is 11.4. The van der Waals surface area contributed by atoms with Crippen molar-refractivity contribution in [2.45, 2.75) is 109 Å². The molecule has 9 atom stereocenters. The number of aliphatic hydroxyl groups excluding tert-OH is 3. The molecule has 1 fully saturated rings. The van der Waals surface area contributed by atoms with Gasteiger partial charge < -0.3 is 35.0 Å². The maximum absolute atomic E-state index is 11.4. The topological polar surface area (TPSA) is 120 Å². The second kappa shape index (κ2) is 8.54. The van der Waals surface area contributed by atoms with Gasteiger partial charge in [-0.15, -0.1) is 0 Å². The summed E-state index contributed by atoms with van der Waals surface area (Å²) in [5.41, 5.74) is 5.03. The summed E-state index contributed by atoms with van der Waals surface area (Å²) in [4.78, 5) is 0. The Morgan fingerprint density at radius 1 is 1.03 bits per heavy atom. The lowest BCUT2D eigenvalue weighted by atomic mass is 9.62. The molecule has 0 spiro atoms. The van der Waals surface area contributed by atoms with Crippen molar-refractivity contribution >= 4 is 0 Å². The molecule has 0 saturated carbocycles. The Hall–Kier alpha value is -1.64. The van der Waals surface area contributed by atoms with Gasteiger partial charge in [0.25, 0.3) is 0 Å². The van der Waals surface area contributed by atoms with E-state index in [9.17, 15) is 25.5 Å². The molecule has 0 amide bonds. The third-order valence-electron chi connectivity index (χ3n) is 7.89. The molecule has 4 rings (SSSR count). The fraction of sp³-hybridized carbons (Fsp3) is 0.692. The fourth-order valence-electron chi connectivity index (χ4n) is 6.17. The van der Waals surface area contributed by atoms with Crippen molar-refractivity contribution in [1.29, 1.82) is 0 Å². The van der Waals surface area contributed by atoms with Crippen LogP contribution in [-0.2, 0) is 4.74 Å². The van der Waals surface area contributed by atoms with Gasteiger partial charge in [0.2, 0.25) is 0 Å². The molecule has 3 aliphatic rings. The van der Waals surface area contributed by atoms with E-state index in [0.717, 1.165) is 30.4 Å². The molecule has 2 aliphatic carbocycles. The second-order valence-electron chi connectivity index (χ2n) is 10.7. The van der Waals surface area contributed by atoms with E-state index in [2.05, 4.69) is 33.8 Å². The average molecular weight is 463 g/mol. The molecule has 1 aromatic carbocycles. The van der Waals surface area contributed by atoms with Gasteiger partial charge in [-0.3, -0.25) is 0 Å². The van der Waals surface area contributed by atoms with E-state index in [4.69, 9.17) is 9.47 Å². The van der Waals surface area contributed by atoms with E-state index >= 15 is 0 Å². The van der Waals surface area contributed by atoms with Crippen molar-refractivity contribution in [3.8, 4) is 11.5 Å². The summed E-state index contributed by atoms with van der Waals surface area (Å²) in [5.74, 6) is -1.63. The first-order chi connectivity index (χ1) is 15.4. The highest BCUT2D eigenvalue weighted by atomic mass is 16.8. The highest BCUT2D eigenvalue weighted by Gasteiger charge is 2.55. The highest BCUT2D eigenvalue weighted by Crippen LogP contribution is 2.58. The molecule has 1 aromatic rings. The zero-order valence-electron chi connectivity index (χ0n) is 20.4. The van der Waals surface area contributed by atoms with Crippen molar-refractivity contribution in [3.63, 3.8) is 0 Å². The average Bonchev–Trinajstić information content (AvgIpc) is 2.74. The van der Waals surface area contributed by atoms with Crippen molar-refractivity contribution in [2.75, 3.05) is 0 Å². The van der Waals surface area contributed by atoms with E-state index in [1.54, 1.807) is 0 Å². The van der Waals surface area contributed by atoms with Gasteiger partial charge in [-0.2, -0.15) is 0 Å². The summed E-state index contributed by atoms with van der Waals surface area (Å²) < 4.78 is 11.3. The van der Waals surface area contributed by atoms with Crippen molar-refractivity contribution in [2.24, 2.45) is 5.92 Å². The third kappa shape index (κ3) is 3.88. The Labute approximate surface area is 195 Å². The summed E-state index contributed by atoms with van der Waals surface area (Å²) in [5, 5.41) is 53.2. The summed E-state index contributed by atoms with van der Waals surface area (Å²) >= 11 is 0. The first kappa shape index (κ1) is 24.5. The number of aromatic hydroxyl groups is 1. The molecule has 7 nitrogen and oxygen atoms in total. The molecule has 0 unspecified atom stereocenters. The maximum Gasteiger partial charge on any atom is 0.355 e. The van der Waals surface area contributed by atoms with Gasteiger partial charge in [0.1, 0.15) is 12.2 Å². The van der Waals surface area contributed by atoms with Gasteiger partial charge in [-0.05, 0) is 81.4 Å². The van der Waals surface area contributed by atoms with Crippen LogP contribution in [0, 0.1) is 12.8 Å². The molecular weight excluding hydrogens is 424 g/mol. The molecule has 184 valence electrons. The number of phenolic OH excluding ortho intramolecular Hbond substituents is 1. The van der Waals surface area contributed by atoms with Crippen LogP contribution in [0.4, 0.5) is 0 Å². The molecule has 0 radical (unpaired) electrons. The zero-order chi connectivity index (χ0) is 24.4. The second-order valence-corrected chi connectivity index (χ2v) is 10.7. The minimum Gasteiger partial charge on any atom is -0.504 e. The first-order valence-electron chi connectivity index (χ1n) is 12.0. The molecular formula is C26H38O7. The van der Waals surface area contributed by atoms with Gasteiger partial charge in [0.05, 0.1) is 6.10 Å². The quantitative estimate of drug-likeness (QED) is 0.345. The minimum atomic E-state index is -2.62. The van der Waals surface area contributed by atoms with E-state index in [0.29, 0.717) is 17.4 Å². The zero-order valence-corrected chi connectivity index (χ0v) is 20.4. The number of rotatable bonds is 3. The predicted octanol–water partition coefficient (Wildman–Crippen LogP) is 3.30. The number of benzene rings is 1. The molecule has 1 heterocycles. The van der Waals surface area contributed by atoms with E-state index in [-0.39, 0.29) is 23.3 Å². The molecule has 0 bridgehead atoms. The van der Waals surface area contributed by atoms with E-state index in [1.807, 2.05) is 6.92 Å². The van der Waals surface area contributed by atoms with Crippen LogP contribution in [0.25, 0.3) is 0 Å². The molecule has 7 heteroatoms. The van der Waals surface area contributed by atoms with Crippen LogP contribution >= 0.6 is 0 Å². The van der Waals surface area contributed by atoms with Crippen LogP contribution in [0.1, 0.15) is 93.9 Å². The molecule has 5 N–H and O–H groups in total.